The lowest BCUT2D eigenvalue weighted by Gasteiger charge is -2.34. The molecule has 130 valence electrons. The molecule has 0 aromatic rings. The van der Waals surface area contributed by atoms with Gasteiger partial charge in [0, 0.05) is 38.1 Å². The molecule has 2 atom stereocenters. The number of hydrogen-bond acceptors (Lipinski definition) is 3. The third kappa shape index (κ3) is 3.54. The average Bonchev–Trinajstić information content (AvgIpc) is 3.15. The second-order valence-corrected chi connectivity index (χ2v) is 7.75. The van der Waals surface area contributed by atoms with Crippen molar-refractivity contribution in [3.8, 4) is 0 Å². The van der Waals surface area contributed by atoms with Crippen LogP contribution in [0.15, 0.2) is 0 Å². The Bertz CT molecular complexity index is 446. The summed E-state index contributed by atoms with van der Waals surface area (Å²) in [6.07, 6.45) is 7.24. The minimum atomic E-state index is -0.112. The van der Waals surface area contributed by atoms with E-state index in [0.29, 0.717) is 25.0 Å². The summed E-state index contributed by atoms with van der Waals surface area (Å²) in [6, 6.07) is 0.690. The topological polar surface area (TPSA) is 52.7 Å². The summed E-state index contributed by atoms with van der Waals surface area (Å²) in [6.45, 7) is 4.66. The van der Waals surface area contributed by atoms with Gasteiger partial charge < -0.3 is 15.1 Å². The number of nitrogens with zero attached hydrogens (tertiary/aromatic N) is 2. The Hall–Kier alpha value is -1.10. The molecule has 1 aliphatic carbocycles. The van der Waals surface area contributed by atoms with Crippen molar-refractivity contribution in [3.63, 3.8) is 0 Å². The molecule has 1 N–H and O–H groups in total. The van der Waals surface area contributed by atoms with Gasteiger partial charge in [-0.05, 0) is 51.5 Å². The maximum atomic E-state index is 12.9. The largest absolute Gasteiger partial charge is 0.339 e. The number of carbonyl (C=O) groups excluding carboxylic acids is 2. The van der Waals surface area contributed by atoms with Crippen molar-refractivity contribution in [2.75, 3.05) is 26.7 Å². The molecule has 23 heavy (non-hydrogen) atoms. The fraction of sp³-hybridized carbons (Fsp3) is 0.889. The zero-order valence-electron chi connectivity index (χ0n) is 14.6. The molecule has 0 aromatic carbocycles. The molecule has 5 heteroatoms. The van der Waals surface area contributed by atoms with E-state index in [0.717, 1.165) is 44.7 Å². The van der Waals surface area contributed by atoms with E-state index in [1.165, 1.54) is 12.8 Å². The molecule has 2 saturated heterocycles. The molecule has 3 rings (SSSR count). The van der Waals surface area contributed by atoms with Crippen molar-refractivity contribution in [1.29, 1.82) is 0 Å². The van der Waals surface area contributed by atoms with E-state index in [9.17, 15) is 9.59 Å². The van der Waals surface area contributed by atoms with Crippen LogP contribution < -0.4 is 5.32 Å². The summed E-state index contributed by atoms with van der Waals surface area (Å²) in [4.78, 5) is 29.4. The van der Waals surface area contributed by atoms with Gasteiger partial charge in [-0.2, -0.15) is 0 Å². The molecular formula is C18H31N3O2. The van der Waals surface area contributed by atoms with Gasteiger partial charge in [0.2, 0.25) is 11.8 Å². The third-order valence-corrected chi connectivity index (χ3v) is 6.03. The van der Waals surface area contributed by atoms with Gasteiger partial charge in [0.1, 0.15) is 0 Å². The number of amides is 2. The molecule has 5 nitrogen and oxygen atoms in total. The predicted molar refractivity (Wildman–Crippen MR) is 89.9 cm³/mol. The van der Waals surface area contributed by atoms with Crippen LogP contribution in [0.2, 0.25) is 0 Å². The summed E-state index contributed by atoms with van der Waals surface area (Å²) >= 11 is 0. The highest BCUT2D eigenvalue weighted by Crippen LogP contribution is 2.32. The van der Waals surface area contributed by atoms with Crippen LogP contribution in [-0.2, 0) is 9.59 Å². The van der Waals surface area contributed by atoms with Gasteiger partial charge in [-0.1, -0.05) is 6.92 Å². The number of likely N-dealkylation sites (N-methyl/N-ethyl adjacent to an activating group) is 1. The molecule has 2 unspecified atom stereocenters. The minimum Gasteiger partial charge on any atom is -0.339 e. The van der Waals surface area contributed by atoms with Crippen molar-refractivity contribution in [3.05, 3.63) is 0 Å². The summed E-state index contributed by atoms with van der Waals surface area (Å²) in [5.41, 5.74) is 0. The van der Waals surface area contributed by atoms with E-state index < -0.39 is 0 Å². The standard InChI is InChI=1S/C18H31N3O2/c1-13-5-7-15(8-6-13)21-12-14(10-17(21)22)18(23)20-9-3-4-16(20)11-19-2/h13-16,19H,3-12H2,1-2H3. The Kier molecular flexibility index (Phi) is 5.24. The van der Waals surface area contributed by atoms with Crippen molar-refractivity contribution < 1.29 is 9.59 Å². The van der Waals surface area contributed by atoms with Crippen molar-refractivity contribution >= 4 is 11.8 Å². The molecular weight excluding hydrogens is 290 g/mol. The molecule has 0 radical (unpaired) electrons. The normalized spacial score (nSPS) is 35.1. The lowest BCUT2D eigenvalue weighted by Crippen LogP contribution is -2.45. The number of nitrogens with one attached hydrogen (secondary N) is 1. The van der Waals surface area contributed by atoms with Crippen LogP contribution >= 0.6 is 0 Å². The quantitative estimate of drug-likeness (QED) is 0.856. The highest BCUT2D eigenvalue weighted by Gasteiger charge is 2.42. The fourth-order valence-corrected chi connectivity index (χ4v) is 4.61. The van der Waals surface area contributed by atoms with Gasteiger partial charge in [0.05, 0.1) is 5.92 Å². The first-order valence-corrected chi connectivity index (χ1v) is 9.34. The number of carbonyl (C=O) groups is 2. The zero-order chi connectivity index (χ0) is 16.4. The first-order chi connectivity index (χ1) is 11.1. The van der Waals surface area contributed by atoms with Crippen LogP contribution in [0.4, 0.5) is 0 Å². The summed E-state index contributed by atoms with van der Waals surface area (Å²) in [5.74, 6) is 1.09. The van der Waals surface area contributed by atoms with E-state index in [1.807, 2.05) is 16.8 Å². The van der Waals surface area contributed by atoms with E-state index in [-0.39, 0.29) is 17.7 Å². The molecule has 2 heterocycles. The number of likely N-dealkylation sites (tertiary alicyclic amines) is 2. The van der Waals surface area contributed by atoms with Gasteiger partial charge in [0.15, 0.2) is 0 Å². The highest BCUT2D eigenvalue weighted by atomic mass is 16.2. The van der Waals surface area contributed by atoms with Gasteiger partial charge in [-0.3, -0.25) is 9.59 Å². The monoisotopic (exact) mass is 321 g/mol. The molecule has 0 bridgehead atoms. The predicted octanol–water partition coefficient (Wildman–Crippen LogP) is 1.62. The minimum absolute atomic E-state index is 0.112. The molecule has 3 aliphatic rings. The first kappa shape index (κ1) is 16.7. The molecule has 1 saturated carbocycles. The second kappa shape index (κ2) is 7.20. The van der Waals surface area contributed by atoms with Crippen molar-refractivity contribution in [2.24, 2.45) is 11.8 Å². The number of rotatable bonds is 4. The summed E-state index contributed by atoms with van der Waals surface area (Å²) in [7, 11) is 1.94. The van der Waals surface area contributed by atoms with E-state index in [2.05, 4.69) is 12.2 Å². The smallest absolute Gasteiger partial charge is 0.228 e. The maximum Gasteiger partial charge on any atom is 0.228 e. The lowest BCUT2D eigenvalue weighted by atomic mass is 9.86. The molecule has 0 aromatic heterocycles. The Balaban J connectivity index is 1.59. The Morgan fingerprint density at radius 1 is 1.22 bits per heavy atom. The molecule has 2 aliphatic heterocycles. The number of hydrogen-bond donors (Lipinski definition) is 1. The van der Waals surface area contributed by atoms with E-state index in [4.69, 9.17) is 0 Å². The molecule has 0 spiro atoms. The average molecular weight is 321 g/mol. The zero-order valence-corrected chi connectivity index (χ0v) is 14.6. The van der Waals surface area contributed by atoms with Gasteiger partial charge in [0.25, 0.3) is 0 Å². The van der Waals surface area contributed by atoms with Crippen LogP contribution in [0, 0.1) is 11.8 Å². The van der Waals surface area contributed by atoms with Crippen LogP contribution in [0.25, 0.3) is 0 Å². The lowest BCUT2D eigenvalue weighted by molar-refractivity contribution is -0.136. The summed E-state index contributed by atoms with van der Waals surface area (Å²) < 4.78 is 0. The Morgan fingerprint density at radius 2 is 1.96 bits per heavy atom. The van der Waals surface area contributed by atoms with Crippen LogP contribution in [0.5, 0.6) is 0 Å². The van der Waals surface area contributed by atoms with Crippen molar-refractivity contribution in [1.82, 2.24) is 15.1 Å². The molecule has 2 amide bonds. The van der Waals surface area contributed by atoms with E-state index >= 15 is 0 Å². The highest BCUT2D eigenvalue weighted by molar-refractivity contribution is 5.89. The second-order valence-electron chi connectivity index (χ2n) is 7.75. The molecule has 3 fully saturated rings. The Morgan fingerprint density at radius 3 is 2.65 bits per heavy atom. The SMILES string of the molecule is CNCC1CCCN1C(=O)C1CC(=O)N(C2CCC(C)CC2)C1. The van der Waals surface area contributed by atoms with Gasteiger partial charge in [-0.25, -0.2) is 0 Å². The van der Waals surface area contributed by atoms with Crippen molar-refractivity contribution in [2.45, 2.75) is 64.0 Å². The first-order valence-electron chi connectivity index (χ1n) is 9.34. The third-order valence-electron chi connectivity index (χ3n) is 6.03. The van der Waals surface area contributed by atoms with Gasteiger partial charge in [-0.15, -0.1) is 0 Å². The van der Waals surface area contributed by atoms with Crippen LogP contribution in [0.3, 0.4) is 0 Å². The van der Waals surface area contributed by atoms with Crippen LogP contribution in [0.1, 0.15) is 51.9 Å². The van der Waals surface area contributed by atoms with Crippen LogP contribution in [-0.4, -0.2) is 60.4 Å². The maximum absolute atomic E-state index is 12.9. The summed E-state index contributed by atoms with van der Waals surface area (Å²) in [5, 5.41) is 3.19. The van der Waals surface area contributed by atoms with E-state index in [1.54, 1.807) is 0 Å². The van der Waals surface area contributed by atoms with Gasteiger partial charge >= 0.3 is 0 Å². The fourth-order valence-electron chi connectivity index (χ4n) is 4.61. The Labute approximate surface area is 139 Å².